The molecule has 160 valence electrons. The Labute approximate surface area is 192 Å². The van der Waals surface area contributed by atoms with Crippen LogP contribution in [0.2, 0.25) is 0 Å². The first-order valence-corrected chi connectivity index (χ1v) is 11.1. The number of hydrazone groups is 1. The first kappa shape index (κ1) is 19.4. The normalized spacial score (nSPS) is 13.2. The summed E-state index contributed by atoms with van der Waals surface area (Å²) in [4.78, 5) is 0. The lowest BCUT2D eigenvalue weighted by Gasteiger charge is -2.11. The van der Waals surface area contributed by atoms with E-state index >= 15 is 0 Å². The van der Waals surface area contributed by atoms with E-state index in [1.54, 1.807) is 7.11 Å². The van der Waals surface area contributed by atoms with Gasteiger partial charge in [-0.15, -0.1) is 0 Å². The van der Waals surface area contributed by atoms with Crippen molar-refractivity contribution in [2.75, 3.05) is 12.5 Å². The molecule has 0 atom stereocenters. The van der Waals surface area contributed by atoms with E-state index < -0.39 is 0 Å². The summed E-state index contributed by atoms with van der Waals surface area (Å²) >= 11 is 0. The van der Waals surface area contributed by atoms with Gasteiger partial charge in [0.05, 0.1) is 18.5 Å². The van der Waals surface area contributed by atoms with E-state index in [1.807, 2.05) is 24.3 Å². The number of nitrogens with one attached hydrogen (secondary N) is 1. The molecule has 1 heterocycles. The molecule has 0 unspecified atom stereocenters. The molecule has 0 radical (unpaired) electrons. The van der Waals surface area contributed by atoms with Crippen LogP contribution < -0.4 is 10.2 Å². The molecule has 0 fully saturated rings. The molecule has 0 bridgehead atoms. The van der Waals surface area contributed by atoms with Crippen LogP contribution in [0.5, 0.6) is 5.75 Å². The molecule has 1 aliphatic rings. The second-order valence-electron chi connectivity index (χ2n) is 8.16. The topological polar surface area (TPSA) is 38.5 Å². The molecular weight excluding hydrogens is 406 g/mol. The van der Waals surface area contributed by atoms with Crippen LogP contribution in [0.1, 0.15) is 16.7 Å². The van der Waals surface area contributed by atoms with Crippen molar-refractivity contribution in [3.05, 3.63) is 120 Å². The van der Waals surface area contributed by atoms with Crippen molar-refractivity contribution in [2.24, 2.45) is 5.10 Å². The number of fused-ring (bicyclic) bond motifs is 5. The van der Waals surface area contributed by atoms with Crippen molar-refractivity contribution in [3.8, 4) is 17.0 Å². The molecule has 4 nitrogen and oxygen atoms in total. The first-order chi connectivity index (χ1) is 16.3. The van der Waals surface area contributed by atoms with Gasteiger partial charge >= 0.3 is 0 Å². The molecule has 0 saturated heterocycles. The van der Waals surface area contributed by atoms with Crippen molar-refractivity contribution in [3.63, 3.8) is 0 Å². The van der Waals surface area contributed by atoms with Gasteiger partial charge in [-0.3, -0.25) is 5.43 Å². The first-order valence-electron chi connectivity index (χ1n) is 11.1. The minimum absolute atomic E-state index is 0.810. The Kier molecular flexibility index (Phi) is 4.69. The number of benzene rings is 4. The summed E-state index contributed by atoms with van der Waals surface area (Å²) in [6.45, 7) is 0.810. The van der Waals surface area contributed by atoms with Crippen molar-refractivity contribution < 1.29 is 4.74 Å². The predicted octanol–water partition coefficient (Wildman–Crippen LogP) is 6.54. The van der Waals surface area contributed by atoms with Gasteiger partial charge in [0, 0.05) is 34.1 Å². The molecule has 6 rings (SSSR count). The molecule has 5 aromatic rings. The molecule has 4 heteroatoms. The van der Waals surface area contributed by atoms with Crippen molar-refractivity contribution in [1.29, 1.82) is 0 Å². The molecule has 0 amide bonds. The maximum Gasteiger partial charge on any atom is 0.119 e. The third-order valence-corrected chi connectivity index (χ3v) is 6.22. The number of anilines is 1. The molecule has 0 saturated carbocycles. The molecule has 1 N–H and O–H groups in total. The number of hydrogen-bond donors (Lipinski definition) is 1. The minimum atomic E-state index is 0.810. The van der Waals surface area contributed by atoms with Crippen molar-refractivity contribution in [2.45, 2.75) is 6.54 Å². The van der Waals surface area contributed by atoms with Gasteiger partial charge in [0.1, 0.15) is 11.5 Å². The fourth-order valence-electron chi connectivity index (χ4n) is 4.69. The Morgan fingerprint density at radius 3 is 2.24 bits per heavy atom. The summed E-state index contributed by atoms with van der Waals surface area (Å²) in [5, 5.41) is 6.13. The van der Waals surface area contributed by atoms with Gasteiger partial charge in [0.2, 0.25) is 0 Å². The lowest BCUT2D eigenvalue weighted by Crippen LogP contribution is -2.02. The van der Waals surface area contributed by atoms with E-state index in [-0.39, 0.29) is 0 Å². The molecule has 0 aliphatic heterocycles. The van der Waals surface area contributed by atoms with Crippen molar-refractivity contribution >= 4 is 22.3 Å². The van der Waals surface area contributed by atoms with Crippen molar-refractivity contribution in [1.82, 2.24) is 4.57 Å². The van der Waals surface area contributed by atoms with E-state index in [0.29, 0.717) is 0 Å². The third-order valence-electron chi connectivity index (χ3n) is 6.22. The van der Waals surface area contributed by atoms with Crippen LogP contribution in [0.3, 0.4) is 0 Å². The van der Waals surface area contributed by atoms with Gasteiger partial charge in [-0.1, -0.05) is 72.8 Å². The standard InChI is InChI=1S/C29H23N3O/c1-33-22-17-15-21(16-18-22)30-31-28-23-11-5-6-12-24(23)29-27(28)25-13-7-8-14-26(25)32(29)19-20-9-3-2-4-10-20/h2-18,30H,19H2,1H3/b31-28+. The Morgan fingerprint density at radius 2 is 1.45 bits per heavy atom. The SMILES string of the molecule is COc1ccc(N/N=C2\c3ccccc3-c3c2c2ccccc2n3Cc2ccccc2)cc1. The van der Waals surface area contributed by atoms with E-state index in [2.05, 4.69) is 88.9 Å². The quantitative estimate of drug-likeness (QED) is 0.316. The lowest BCUT2D eigenvalue weighted by atomic mass is 10.1. The third kappa shape index (κ3) is 3.28. The molecule has 1 aromatic heterocycles. The largest absolute Gasteiger partial charge is 0.497 e. The van der Waals surface area contributed by atoms with Crippen LogP contribution in [-0.4, -0.2) is 17.4 Å². The van der Waals surface area contributed by atoms with E-state index in [0.717, 1.165) is 29.3 Å². The Morgan fingerprint density at radius 1 is 0.758 bits per heavy atom. The summed E-state index contributed by atoms with van der Waals surface area (Å²) in [6, 6.07) is 35.6. The number of rotatable bonds is 5. The second-order valence-corrected chi connectivity index (χ2v) is 8.16. The summed E-state index contributed by atoms with van der Waals surface area (Å²) in [6.07, 6.45) is 0. The average Bonchev–Trinajstić information content (AvgIpc) is 3.37. The number of nitrogens with zero attached hydrogens (tertiary/aromatic N) is 2. The number of ether oxygens (including phenoxy) is 1. The maximum absolute atomic E-state index is 5.27. The van der Waals surface area contributed by atoms with Gasteiger partial charge in [-0.2, -0.15) is 5.10 Å². The van der Waals surface area contributed by atoms with E-state index in [1.165, 1.54) is 33.3 Å². The fraction of sp³-hybridized carbons (Fsp3) is 0.0690. The number of hydrogen-bond acceptors (Lipinski definition) is 3. The minimum Gasteiger partial charge on any atom is -0.497 e. The number of methoxy groups -OCH3 is 1. The Bertz CT molecular complexity index is 1480. The lowest BCUT2D eigenvalue weighted by molar-refractivity contribution is 0.415. The highest BCUT2D eigenvalue weighted by atomic mass is 16.5. The van der Waals surface area contributed by atoms with Gasteiger partial charge in [-0.05, 0) is 35.9 Å². The summed E-state index contributed by atoms with van der Waals surface area (Å²) < 4.78 is 7.70. The summed E-state index contributed by atoms with van der Waals surface area (Å²) in [7, 11) is 1.67. The molecule has 4 aromatic carbocycles. The number of para-hydroxylation sites is 1. The smallest absolute Gasteiger partial charge is 0.119 e. The van der Waals surface area contributed by atoms with Crippen LogP contribution in [0.25, 0.3) is 22.2 Å². The van der Waals surface area contributed by atoms with Gasteiger partial charge in [-0.25, -0.2) is 0 Å². The second kappa shape index (κ2) is 7.99. The maximum atomic E-state index is 5.27. The predicted molar refractivity (Wildman–Crippen MR) is 135 cm³/mol. The highest BCUT2D eigenvalue weighted by Gasteiger charge is 2.31. The average molecular weight is 430 g/mol. The van der Waals surface area contributed by atoms with Crippen LogP contribution >= 0.6 is 0 Å². The highest BCUT2D eigenvalue weighted by molar-refractivity contribution is 6.30. The highest BCUT2D eigenvalue weighted by Crippen LogP contribution is 2.43. The zero-order valence-corrected chi connectivity index (χ0v) is 18.3. The molecule has 33 heavy (non-hydrogen) atoms. The zero-order valence-electron chi connectivity index (χ0n) is 18.3. The van der Waals surface area contributed by atoms with Gasteiger partial charge < -0.3 is 9.30 Å². The molecule has 1 aliphatic carbocycles. The Hall–Kier alpha value is -4.31. The van der Waals surface area contributed by atoms with E-state index in [4.69, 9.17) is 9.84 Å². The van der Waals surface area contributed by atoms with Crippen LogP contribution in [0, 0.1) is 0 Å². The zero-order chi connectivity index (χ0) is 22.2. The monoisotopic (exact) mass is 429 g/mol. The molecule has 0 spiro atoms. The summed E-state index contributed by atoms with van der Waals surface area (Å²) in [5.74, 6) is 0.825. The van der Waals surface area contributed by atoms with E-state index in [9.17, 15) is 0 Å². The van der Waals surface area contributed by atoms with Gasteiger partial charge in [0.25, 0.3) is 0 Å². The number of aromatic nitrogens is 1. The Balaban J connectivity index is 1.53. The fourth-order valence-corrected chi connectivity index (χ4v) is 4.69. The van der Waals surface area contributed by atoms with Crippen LogP contribution in [-0.2, 0) is 6.54 Å². The molecular formula is C29H23N3O. The van der Waals surface area contributed by atoms with Gasteiger partial charge in [0.15, 0.2) is 0 Å². The van der Waals surface area contributed by atoms with Crippen LogP contribution in [0.4, 0.5) is 5.69 Å². The summed E-state index contributed by atoms with van der Waals surface area (Å²) in [5.41, 5.74) is 12.4. The van der Waals surface area contributed by atoms with Crippen LogP contribution in [0.15, 0.2) is 108 Å².